The average Bonchev–Trinajstić information content (AvgIpc) is 2.56. The third kappa shape index (κ3) is 3.57. The van der Waals surface area contributed by atoms with Gasteiger partial charge in [0.05, 0.1) is 11.9 Å². The Morgan fingerprint density at radius 2 is 1.96 bits per heavy atom. The Bertz CT molecular complexity index is 731. The summed E-state index contributed by atoms with van der Waals surface area (Å²) in [5.41, 5.74) is 1.68. The van der Waals surface area contributed by atoms with Crippen molar-refractivity contribution in [3.8, 4) is 0 Å². The van der Waals surface area contributed by atoms with Crippen LogP contribution in [0.25, 0.3) is 0 Å². The van der Waals surface area contributed by atoms with E-state index in [1.54, 1.807) is 13.2 Å². The molecule has 0 saturated carbocycles. The molecule has 6 heteroatoms. The van der Waals surface area contributed by atoms with Crippen LogP contribution in [-0.2, 0) is 7.05 Å². The van der Waals surface area contributed by atoms with E-state index in [4.69, 9.17) is 11.6 Å². The van der Waals surface area contributed by atoms with Crippen LogP contribution in [0.5, 0.6) is 0 Å². The highest BCUT2D eigenvalue weighted by atomic mass is 35.5. The maximum atomic E-state index is 11.9. The molecule has 0 spiro atoms. The van der Waals surface area contributed by atoms with E-state index >= 15 is 0 Å². The van der Waals surface area contributed by atoms with Gasteiger partial charge in [0.2, 0.25) is 0 Å². The zero-order valence-electron chi connectivity index (χ0n) is 13.4. The lowest BCUT2D eigenvalue weighted by Crippen LogP contribution is -2.43. The van der Waals surface area contributed by atoms with Gasteiger partial charge in [0.15, 0.2) is 0 Å². The number of halogens is 1. The number of nitrogens with one attached hydrogen (secondary N) is 1. The van der Waals surface area contributed by atoms with Gasteiger partial charge in [0.1, 0.15) is 5.02 Å². The summed E-state index contributed by atoms with van der Waals surface area (Å²) in [6.07, 6.45) is 2.62. The molecule has 1 N–H and O–H groups in total. The summed E-state index contributed by atoms with van der Waals surface area (Å²) in [6, 6.07) is 10.8. The second-order valence-electron chi connectivity index (χ2n) is 6.21. The number of hydrogen-bond acceptors (Lipinski definition) is 4. The van der Waals surface area contributed by atoms with Crippen molar-refractivity contribution < 1.29 is 0 Å². The van der Waals surface area contributed by atoms with E-state index in [0.717, 1.165) is 19.5 Å². The number of likely N-dealkylation sites (tertiary alicyclic amines) is 1. The first-order valence-electron chi connectivity index (χ1n) is 7.76. The first-order chi connectivity index (χ1) is 11.0. The number of nitrogens with zero attached hydrogens (tertiary/aromatic N) is 3. The summed E-state index contributed by atoms with van der Waals surface area (Å²) in [4.78, 5) is 14.2. The Balaban J connectivity index is 1.78. The van der Waals surface area contributed by atoms with Gasteiger partial charge in [0, 0.05) is 26.2 Å². The van der Waals surface area contributed by atoms with Crippen molar-refractivity contribution in [1.82, 2.24) is 14.7 Å². The summed E-state index contributed by atoms with van der Waals surface area (Å²) in [5, 5.41) is 7.64. The van der Waals surface area contributed by atoms with E-state index in [2.05, 4.69) is 46.6 Å². The lowest BCUT2D eigenvalue weighted by molar-refractivity contribution is 0.235. The lowest BCUT2D eigenvalue weighted by Gasteiger charge is -2.36. The molecule has 1 fully saturated rings. The summed E-state index contributed by atoms with van der Waals surface area (Å²) in [7, 11) is 3.71. The van der Waals surface area contributed by atoms with Crippen LogP contribution in [0.1, 0.15) is 17.9 Å². The minimum Gasteiger partial charge on any atom is -0.378 e. The Hall–Kier alpha value is -1.85. The van der Waals surface area contributed by atoms with E-state index < -0.39 is 0 Å². The molecule has 0 radical (unpaired) electrons. The Labute approximate surface area is 140 Å². The minimum atomic E-state index is -0.277. The number of aromatic nitrogens is 2. The summed E-state index contributed by atoms with van der Waals surface area (Å²) < 4.78 is 1.24. The molecule has 1 aromatic heterocycles. The Morgan fingerprint density at radius 3 is 2.70 bits per heavy atom. The second-order valence-corrected chi connectivity index (χ2v) is 6.58. The fourth-order valence-electron chi connectivity index (χ4n) is 3.22. The standard InChI is InChI=1S/C17H21ClN4O/c1-21-10-13(12-6-4-3-5-7-12)8-14(11-21)20-15-9-19-22(2)17(23)16(15)18/h3-7,9,13-14,20H,8,10-11H2,1-2H3/t13?,14-/m1/s1. The van der Waals surface area contributed by atoms with Crippen LogP contribution < -0.4 is 10.9 Å². The molecule has 3 rings (SSSR count). The molecule has 1 aliphatic rings. The zero-order valence-corrected chi connectivity index (χ0v) is 14.1. The van der Waals surface area contributed by atoms with E-state index in [0.29, 0.717) is 11.6 Å². The number of hydrogen-bond donors (Lipinski definition) is 1. The third-order valence-corrected chi connectivity index (χ3v) is 4.71. The maximum Gasteiger partial charge on any atom is 0.287 e. The minimum absolute atomic E-state index is 0.201. The van der Waals surface area contributed by atoms with Gasteiger partial charge < -0.3 is 10.2 Å². The SMILES string of the molecule is CN1CC(c2ccccc2)C[C@@H](Nc2cnn(C)c(=O)c2Cl)C1. The van der Waals surface area contributed by atoms with Gasteiger partial charge in [0.25, 0.3) is 5.56 Å². The highest BCUT2D eigenvalue weighted by Gasteiger charge is 2.27. The molecular formula is C17H21ClN4O. The quantitative estimate of drug-likeness (QED) is 0.937. The zero-order chi connectivity index (χ0) is 16.4. The van der Waals surface area contributed by atoms with Crippen molar-refractivity contribution in [2.24, 2.45) is 7.05 Å². The molecule has 5 nitrogen and oxygen atoms in total. The number of likely N-dealkylation sites (N-methyl/N-ethyl adjacent to an activating group) is 1. The lowest BCUT2D eigenvalue weighted by atomic mass is 9.88. The van der Waals surface area contributed by atoms with Gasteiger partial charge in [-0.2, -0.15) is 5.10 Å². The summed E-state index contributed by atoms with van der Waals surface area (Å²) in [5.74, 6) is 0.464. The molecule has 1 aliphatic heterocycles. The van der Waals surface area contributed by atoms with Crippen LogP contribution >= 0.6 is 11.6 Å². The Kier molecular flexibility index (Phi) is 4.68. The predicted molar refractivity (Wildman–Crippen MR) is 93.2 cm³/mol. The van der Waals surface area contributed by atoms with Gasteiger partial charge in [-0.05, 0) is 24.9 Å². The number of piperidine rings is 1. The fourth-order valence-corrected chi connectivity index (χ4v) is 3.45. The van der Waals surface area contributed by atoms with Gasteiger partial charge >= 0.3 is 0 Å². The molecule has 1 saturated heterocycles. The van der Waals surface area contributed by atoms with Crippen molar-refractivity contribution in [3.05, 3.63) is 57.5 Å². The largest absolute Gasteiger partial charge is 0.378 e. The van der Waals surface area contributed by atoms with Gasteiger partial charge in [-0.15, -0.1) is 0 Å². The third-order valence-electron chi connectivity index (χ3n) is 4.34. The number of anilines is 1. The summed E-state index contributed by atoms with van der Waals surface area (Å²) >= 11 is 6.16. The number of aryl methyl sites for hydroxylation is 1. The topological polar surface area (TPSA) is 50.2 Å². The second kappa shape index (κ2) is 6.72. The van der Waals surface area contributed by atoms with E-state index in [1.165, 1.54) is 10.2 Å². The van der Waals surface area contributed by atoms with Crippen LogP contribution in [0.3, 0.4) is 0 Å². The smallest absolute Gasteiger partial charge is 0.287 e. The molecule has 2 aromatic rings. The van der Waals surface area contributed by atoms with Crippen molar-refractivity contribution in [1.29, 1.82) is 0 Å². The van der Waals surface area contributed by atoms with Crippen molar-refractivity contribution in [3.63, 3.8) is 0 Å². The molecule has 0 aliphatic carbocycles. The van der Waals surface area contributed by atoms with E-state index in [-0.39, 0.29) is 16.6 Å². The fraction of sp³-hybridized carbons (Fsp3) is 0.412. The molecular weight excluding hydrogens is 312 g/mol. The molecule has 0 bridgehead atoms. The maximum absolute atomic E-state index is 11.9. The normalized spacial score (nSPS) is 22.0. The molecule has 1 unspecified atom stereocenters. The molecule has 2 heterocycles. The highest BCUT2D eigenvalue weighted by Crippen LogP contribution is 2.28. The van der Waals surface area contributed by atoms with E-state index in [9.17, 15) is 4.79 Å². The van der Waals surface area contributed by atoms with Crippen LogP contribution in [0.4, 0.5) is 5.69 Å². The van der Waals surface area contributed by atoms with Crippen LogP contribution in [0.2, 0.25) is 5.02 Å². The predicted octanol–water partition coefficient (Wildman–Crippen LogP) is 2.33. The van der Waals surface area contributed by atoms with Crippen LogP contribution in [0, 0.1) is 0 Å². The molecule has 23 heavy (non-hydrogen) atoms. The van der Waals surface area contributed by atoms with Crippen LogP contribution in [-0.4, -0.2) is 40.9 Å². The van der Waals surface area contributed by atoms with Crippen molar-refractivity contribution >= 4 is 17.3 Å². The number of rotatable bonds is 3. The monoisotopic (exact) mass is 332 g/mol. The van der Waals surface area contributed by atoms with Crippen molar-refractivity contribution in [2.45, 2.75) is 18.4 Å². The van der Waals surface area contributed by atoms with E-state index in [1.807, 2.05) is 6.07 Å². The average molecular weight is 333 g/mol. The number of benzene rings is 1. The van der Waals surface area contributed by atoms with Gasteiger partial charge in [-0.1, -0.05) is 41.9 Å². The molecule has 0 amide bonds. The highest BCUT2D eigenvalue weighted by molar-refractivity contribution is 6.32. The first-order valence-corrected chi connectivity index (χ1v) is 8.14. The van der Waals surface area contributed by atoms with Crippen LogP contribution in [0.15, 0.2) is 41.3 Å². The van der Waals surface area contributed by atoms with Gasteiger partial charge in [-0.3, -0.25) is 4.79 Å². The molecule has 2 atom stereocenters. The molecule has 122 valence electrons. The Morgan fingerprint density at radius 1 is 1.22 bits per heavy atom. The van der Waals surface area contributed by atoms with Crippen molar-refractivity contribution in [2.75, 3.05) is 25.5 Å². The summed E-state index contributed by atoms with van der Waals surface area (Å²) in [6.45, 7) is 1.94. The first kappa shape index (κ1) is 16.0. The van der Waals surface area contributed by atoms with Gasteiger partial charge in [-0.25, -0.2) is 4.68 Å². The molecule has 1 aromatic carbocycles.